The first-order chi connectivity index (χ1) is 13.2. The quantitative estimate of drug-likeness (QED) is 0.847. The number of carbonyl (C=O) groups excluding carboxylic acids is 1. The third kappa shape index (κ3) is 3.79. The number of halogens is 3. The third-order valence-corrected chi connectivity index (χ3v) is 4.20. The van der Waals surface area contributed by atoms with Crippen molar-refractivity contribution in [2.45, 2.75) is 18.3 Å². The van der Waals surface area contributed by atoms with Crippen molar-refractivity contribution in [3.05, 3.63) is 60.2 Å². The summed E-state index contributed by atoms with van der Waals surface area (Å²) in [5, 5.41) is 14.1. The van der Waals surface area contributed by atoms with Gasteiger partial charge in [-0.05, 0) is 42.0 Å². The van der Waals surface area contributed by atoms with E-state index >= 15 is 0 Å². The molecule has 2 aromatic carbocycles. The number of carbonyl (C=O) groups is 1. The fraction of sp³-hybridized carbons (Fsp3) is 0.263. The molecular formula is C19H17F3N2O4. The molecule has 0 aliphatic carbocycles. The molecule has 1 N–H and O–H groups in total. The average Bonchev–Trinajstić information content (AvgIpc) is 3.06. The van der Waals surface area contributed by atoms with Crippen molar-refractivity contribution in [2.24, 2.45) is 5.10 Å². The highest BCUT2D eigenvalue weighted by molar-refractivity contribution is 6.03. The lowest BCUT2D eigenvalue weighted by molar-refractivity contribution is -0.302. The Morgan fingerprint density at radius 3 is 2.36 bits per heavy atom. The smallest absolute Gasteiger partial charge is 0.438 e. The zero-order valence-electron chi connectivity index (χ0n) is 14.8. The van der Waals surface area contributed by atoms with Crippen molar-refractivity contribution < 1.29 is 32.5 Å². The van der Waals surface area contributed by atoms with Gasteiger partial charge >= 0.3 is 6.18 Å². The standard InChI is InChI=1S/C19H17F3N2O4/c1-27-14-9-7-13(8-10-14)16-11-18(26,19(20,21)22)24(23-16)17(25)12-28-15-5-3-2-4-6-15/h2-10,26H,11-12H2,1H3/t18-/m0/s1. The van der Waals surface area contributed by atoms with Gasteiger partial charge in [-0.3, -0.25) is 4.79 Å². The molecule has 2 aromatic rings. The molecule has 0 saturated heterocycles. The van der Waals surface area contributed by atoms with Gasteiger partial charge in [0.2, 0.25) is 0 Å². The molecule has 28 heavy (non-hydrogen) atoms. The molecule has 1 heterocycles. The van der Waals surface area contributed by atoms with Crippen molar-refractivity contribution in [3.63, 3.8) is 0 Å². The number of ether oxygens (including phenoxy) is 2. The fourth-order valence-electron chi connectivity index (χ4n) is 2.70. The Morgan fingerprint density at radius 1 is 1.14 bits per heavy atom. The highest BCUT2D eigenvalue weighted by Crippen LogP contribution is 2.41. The number of para-hydroxylation sites is 1. The van der Waals surface area contributed by atoms with Crippen molar-refractivity contribution in [2.75, 3.05) is 13.7 Å². The molecular weight excluding hydrogens is 377 g/mol. The SMILES string of the molecule is COc1ccc(C2=NN(C(=O)COc3ccccc3)[C@@](O)(C(F)(F)F)C2)cc1. The maximum atomic E-state index is 13.5. The zero-order chi connectivity index (χ0) is 20.4. The summed E-state index contributed by atoms with van der Waals surface area (Å²) in [5.74, 6) is -0.297. The Morgan fingerprint density at radius 2 is 1.79 bits per heavy atom. The van der Waals surface area contributed by atoms with Crippen molar-refractivity contribution >= 4 is 11.6 Å². The number of rotatable bonds is 5. The van der Waals surface area contributed by atoms with Crippen LogP contribution < -0.4 is 9.47 Å². The van der Waals surface area contributed by atoms with Gasteiger partial charge in [-0.1, -0.05) is 18.2 Å². The second kappa shape index (κ2) is 7.51. The van der Waals surface area contributed by atoms with Gasteiger partial charge in [0.1, 0.15) is 11.5 Å². The van der Waals surface area contributed by atoms with E-state index in [2.05, 4.69) is 5.10 Å². The van der Waals surface area contributed by atoms with Gasteiger partial charge in [-0.25, -0.2) is 0 Å². The number of nitrogens with zero attached hydrogens (tertiary/aromatic N) is 2. The molecule has 1 aliphatic heterocycles. The highest BCUT2D eigenvalue weighted by atomic mass is 19.4. The number of hydrogen-bond acceptors (Lipinski definition) is 5. The second-order valence-electron chi connectivity index (χ2n) is 6.07. The molecule has 0 spiro atoms. The highest BCUT2D eigenvalue weighted by Gasteiger charge is 2.63. The van der Waals surface area contributed by atoms with E-state index in [9.17, 15) is 23.1 Å². The number of alkyl halides is 3. The minimum atomic E-state index is -5.10. The van der Waals surface area contributed by atoms with Gasteiger partial charge < -0.3 is 14.6 Å². The fourth-order valence-corrected chi connectivity index (χ4v) is 2.70. The monoisotopic (exact) mass is 394 g/mol. The summed E-state index contributed by atoms with van der Waals surface area (Å²) in [6, 6.07) is 14.2. The minimum absolute atomic E-state index is 0.0511. The molecule has 9 heteroatoms. The summed E-state index contributed by atoms with van der Waals surface area (Å²) in [7, 11) is 1.46. The van der Waals surface area contributed by atoms with Crippen molar-refractivity contribution in [3.8, 4) is 11.5 Å². The van der Waals surface area contributed by atoms with Crippen LogP contribution in [0.5, 0.6) is 11.5 Å². The first kappa shape index (κ1) is 19.7. The molecule has 3 rings (SSSR count). The van der Waals surface area contributed by atoms with Gasteiger partial charge in [0, 0.05) is 0 Å². The number of aliphatic hydroxyl groups is 1. The first-order valence-corrected chi connectivity index (χ1v) is 8.26. The van der Waals surface area contributed by atoms with Crippen molar-refractivity contribution in [1.29, 1.82) is 0 Å². The van der Waals surface area contributed by atoms with Crippen molar-refractivity contribution in [1.82, 2.24) is 5.01 Å². The topological polar surface area (TPSA) is 71.4 Å². The van der Waals surface area contributed by atoms with E-state index in [-0.39, 0.29) is 10.7 Å². The van der Waals surface area contributed by atoms with Crippen LogP contribution >= 0.6 is 0 Å². The number of benzene rings is 2. The van der Waals surface area contributed by atoms with Crippen LogP contribution in [0.25, 0.3) is 0 Å². The van der Waals surface area contributed by atoms with Crippen LogP contribution in [-0.2, 0) is 4.79 Å². The summed E-state index contributed by atoms with van der Waals surface area (Å²) in [6.45, 7) is -0.707. The van der Waals surface area contributed by atoms with E-state index in [4.69, 9.17) is 9.47 Å². The normalized spacial score (nSPS) is 19.3. The van der Waals surface area contributed by atoms with E-state index in [1.807, 2.05) is 0 Å². The second-order valence-corrected chi connectivity index (χ2v) is 6.07. The molecule has 0 aromatic heterocycles. The van der Waals surface area contributed by atoms with Crippen LogP contribution in [0.3, 0.4) is 0 Å². The summed E-state index contributed by atoms with van der Waals surface area (Å²) < 4.78 is 50.9. The van der Waals surface area contributed by atoms with Gasteiger partial charge in [-0.2, -0.15) is 23.3 Å². The maximum absolute atomic E-state index is 13.5. The summed E-state index contributed by atoms with van der Waals surface area (Å²) >= 11 is 0. The van der Waals surface area contributed by atoms with Crippen LogP contribution in [-0.4, -0.2) is 47.4 Å². The lowest BCUT2D eigenvalue weighted by Gasteiger charge is -2.32. The predicted octanol–water partition coefficient (Wildman–Crippen LogP) is 2.96. The Hall–Kier alpha value is -3.07. The van der Waals surface area contributed by atoms with Crippen LogP contribution in [0, 0.1) is 0 Å². The minimum Gasteiger partial charge on any atom is -0.497 e. The largest absolute Gasteiger partial charge is 0.497 e. The molecule has 0 fully saturated rings. The van der Waals surface area contributed by atoms with E-state index in [0.29, 0.717) is 17.1 Å². The Kier molecular flexibility index (Phi) is 5.28. The lowest BCUT2D eigenvalue weighted by Crippen LogP contribution is -2.57. The number of amides is 1. The molecule has 1 aliphatic rings. The molecule has 0 unspecified atom stereocenters. The van der Waals surface area contributed by atoms with Gasteiger partial charge in [-0.15, -0.1) is 0 Å². The summed E-state index contributed by atoms with van der Waals surface area (Å²) in [6.07, 6.45) is -5.99. The van der Waals surface area contributed by atoms with Crippen LogP contribution in [0.1, 0.15) is 12.0 Å². The maximum Gasteiger partial charge on any atom is 0.438 e. The number of hydrogen-bond donors (Lipinski definition) is 1. The Bertz CT molecular complexity index is 869. The molecule has 0 bridgehead atoms. The van der Waals surface area contributed by atoms with Gasteiger partial charge in [0.05, 0.1) is 19.2 Å². The van der Waals surface area contributed by atoms with E-state index in [1.165, 1.54) is 19.2 Å². The number of hydrazone groups is 1. The predicted molar refractivity (Wildman–Crippen MR) is 93.9 cm³/mol. The number of methoxy groups -OCH3 is 1. The van der Waals surface area contributed by atoms with E-state index in [0.717, 1.165) is 0 Å². The summed E-state index contributed by atoms with van der Waals surface area (Å²) in [4.78, 5) is 12.4. The third-order valence-electron chi connectivity index (χ3n) is 4.20. The molecule has 1 amide bonds. The first-order valence-electron chi connectivity index (χ1n) is 8.26. The van der Waals surface area contributed by atoms with Gasteiger partial charge in [0.15, 0.2) is 6.61 Å². The molecule has 148 valence electrons. The van der Waals surface area contributed by atoms with Crippen LogP contribution in [0.4, 0.5) is 13.2 Å². The molecule has 0 radical (unpaired) electrons. The van der Waals surface area contributed by atoms with Crippen LogP contribution in [0.15, 0.2) is 59.7 Å². The van der Waals surface area contributed by atoms with Gasteiger partial charge in [0.25, 0.3) is 11.6 Å². The average molecular weight is 394 g/mol. The summed E-state index contributed by atoms with van der Waals surface area (Å²) in [5.41, 5.74) is -3.18. The molecule has 1 atom stereocenters. The van der Waals surface area contributed by atoms with E-state index in [1.54, 1.807) is 42.5 Å². The van der Waals surface area contributed by atoms with E-state index < -0.39 is 30.8 Å². The van der Waals surface area contributed by atoms with Crippen LogP contribution in [0.2, 0.25) is 0 Å². The lowest BCUT2D eigenvalue weighted by atomic mass is 10.0. The Labute approximate surface area is 158 Å². The molecule has 0 saturated carbocycles. The molecule has 6 nitrogen and oxygen atoms in total. The zero-order valence-corrected chi connectivity index (χ0v) is 14.8. The Balaban J connectivity index is 1.85.